The highest BCUT2D eigenvalue weighted by Gasteiger charge is 2.18. The topological polar surface area (TPSA) is 73.6 Å². The summed E-state index contributed by atoms with van der Waals surface area (Å²) < 4.78 is 10.3. The lowest BCUT2D eigenvalue weighted by molar-refractivity contribution is 0.102. The fraction of sp³-hybridized carbons (Fsp3) is 0.133. The molecule has 2 aromatic rings. The van der Waals surface area contributed by atoms with Gasteiger partial charge in [-0.3, -0.25) is 4.79 Å². The first-order valence-electron chi connectivity index (χ1n) is 6.13. The molecular formula is C15H15ClN2O3. The Morgan fingerprint density at radius 3 is 2.38 bits per heavy atom. The molecule has 0 radical (unpaired) electrons. The molecule has 0 aliphatic rings. The predicted octanol–water partition coefficient (Wildman–Crippen LogP) is 3.19. The maximum atomic E-state index is 12.4. The Balaban J connectivity index is 2.32. The van der Waals surface area contributed by atoms with Gasteiger partial charge in [0.05, 0.1) is 19.9 Å². The van der Waals surface area contributed by atoms with Crippen molar-refractivity contribution in [1.82, 2.24) is 0 Å². The zero-order chi connectivity index (χ0) is 15.4. The number of nitrogens with one attached hydrogen (secondary N) is 1. The first-order chi connectivity index (χ1) is 10.0. The Bertz CT molecular complexity index is 657. The van der Waals surface area contributed by atoms with E-state index in [1.807, 2.05) is 0 Å². The number of amides is 1. The summed E-state index contributed by atoms with van der Waals surface area (Å²) >= 11 is 5.80. The van der Waals surface area contributed by atoms with Crippen LogP contribution in [0.4, 0.5) is 11.4 Å². The molecule has 3 N–H and O–H groups in total. The summed E-state index contributed by atoms with van der Waals surface area (Å²) in [5, 5.41) is 3.33. The molecule has 0 saturated carbocycles. The molecular weight excluding hydrogens is 292 g/mol. The highest BCUT2D eigenvalue weighted by molar-refractivity contribution is 6.30. The molecule has 0 fully saturated rings. The van der Waals surface area contributed by atoms with Gasteiger partial charge in [-0.2, -0.15) is 0 Å². The van der Waals surface area contributed by atoms with E-state index in [4.69, 9.17) is 26.8 Å². The monoisotopic (exact) mass is 306 g/mol. The third-order valence-electron chi connectivity index (χ3n) is 2.89. The minimum Gasteiger partial charge on any atom is -0.497 e. The smallest absolute Gasteiger partial charge is 0.261 e. The number of rotatable bonds is 4. The van der Waals surface area contributed by atoms with Crippen LogP contribution in [0.5, 0.6) is 11.5 Å². The molecule has 0 aromatic heterocycles. The van der Waals surface area contributed by atoms with Crippen molar-refractivity contribution in [3.8, 4) is 11.5 Å². The van der Waals surface area contributed by atoms with E-state index in [1.54, 1.807) is 36.4 Å². The van der Waals surface area contributed by atoms with Crippen LogP contribution in [-0.2, 0) is 0 Å². The number of anilines is 2. The van der Waals surface area contributed by atoms with Crippen molar-refractivity contribution in [1.29, 1.82) is 0 Å². The first kappa shape index (κ1) is 15.0. The number of hydrogen-bond donors (Lipinski definition) is 2. The number of carbonyl (C=O) groups excluding carboxylic acids is 1. The number of carbonyl (C=O) groups is 1. The van der Waals surface area contributed by atoms with E-state index in [0.717, 1.165) is 0 Å². The average Bonchev–Trinajstić information content (AvgIpc) is 2.48. The van der Waals surface area contributed by atoms with Gasteiger partial charge in [0.25, 0.3) is 5.91 Å². The number of methoxy groups -OCH3 is 2. The Labute approximate surface area is 127 Å². The predicted molar refractivity (Wildman–Crippen MR) is 83.4 cm³/mol. The van der Waals surface area contributed by atoms with Crippen LogP contribution in [0, 0.1) is 0 Å². The van der Waals surface area contributed by atoms with Crippen LogP contribution >= 0.6 is 11.6 Å². The quantitative estimate of drug-likeness (QED) is 0.851. The Hall–Kier alpha value is -2.40. The molecule has 0 spiro atoms. The number of halogens is 1. The van der Waals surface area contributed by atoms with Gasteiger partial charge in [-0.05, 0) is 24.3 Å². The van der Waals surface area contributed by atoms with Gasteiger partial charge in [-0.1, -0.05) is 11.6 Å². The number of ether oxygens (including phenoxy) is 2. The summed E-state index contributed by atoms with van der Waals surface area (Å²) in [6.45, 7) is 0. The van der Waals surface area contributed by atoms with E-state index in [-0.39, 0.29) is 17.2 Å². The van der Waals surface area contributed by atoms with Crippen LogP contribution in [0.3, 0.4) is 0 Å². The Morgan fingerprint density at radius 2 is 1.81 bits per heavy atom. The summed E-state index contributed by atoms with van der Waals surface area (Å²) in [4.78, 5) is 12.4. The lowest BCUT2D eigenvalue weighted by atomic mass is 10.1. The molecule has 5 nitrogen and oxygen atoms in total. The van der Waals surface area contributed by atoms with Crippen molar-refractivity contribution in [3.05, 3.63) is 47.0 Å². The molecule has 0 saturated heterocycles. The fourth-order valence-corrected chi connectivity index (χ4v) is 1.99. The number of benzene rings is 2. The largest absolute Gasteiger partial charge is 0.497 e. The molecule has 0 heterocycles. The van der Waals surface area contributed by atoms with Crippen LogP contribution in [0.25, 0.3) is 0 Å². The maximum Gasteiger partial charge on any atom is 0.261 e. The van der Waals surface area contributed by atoms with Gasteiger partial charge in [-0.25, -0.2) is 0 Å². The van der Waals surface area contributed by atoms with Crippen molar-refractivity contribution in [2.24, 2.45) is 0 Å². The average molecular weight is 307 g/mol. The maximum absolute atomic E-state index is 12.4. The summed E-state index contributed by atoms with van der Waals surface area (Å²) in [7, 11) is 2.98. The number of nitrogens with two attached hydrogens (primary N) is 1. The summed E-state index contributed by atoms with van der Waals surface area (Å²) in [5.74, 6) is 0.500. The van der Waals surface area contributed by atoms with Gasteiger partial charge >= 0.3 is 0 Å². The second-order valence-electron chi connectivity index (χ2n) is 4.25. The van der Waals surface area contributed by atoms with Crippen molar-refractivity contribution >= 4 is 28.9 Å². The van der Waals surface area contributed by atoms with Crippen LogP contribution in [0.2, 0.25) is 5.02 Å². The van der Waals surface area contributed by atoms with E-state index in [0.29, 0.717) is 22.2 Å². The van der Waals surface area contributed by atoms with E-state index in [2.05, 4.69) is 5.32 Å². The van der Waals surface area contributed by atoms with E-state index >= 15 is 0 Å². The van der Waals surface area contributed by atoms with Crippen LogP contribution in [-0.4, -0.2) is 20.1 Å². The van der Waals surface area contributed by atoms with Crippen molar-refractivity contribution in [2.75, 3.05) is 25.3 Å². The third-order valence-corrected chi connectivity index (χ3v) is 3.14. The van der Waals surface area contributed by atoms with Gasteiger partial charge in [-0.15, -0.1) is 0 Å². The Kier molecular flexibility index (Phi) is 4.55. The summed E-state index contributed by atoms with van der Waals surface area (Å²) in [6, 6.07) is 9.95. The van der Waals surface area contributed by atoms with Crippen LogP contribution in [0.15, 0.2) is 36.4 Å². The minimum atomic E-state index is -0.366. The van der Waals surface area contributed by atoms with E-state index in [1.165, 1.54) is 14.2 Å². The van der Waals surface area contributed by atoms with Gasteiger partial charge in [0.1, 0.15) is 17.1 Å². The van der Waals surface area contributed by atoms with Crippen LogP contribution < -0.4 is 20.5 Å². The van der Waals surface area contributed by atoms with E-state index in [9.17, 15) is 4.79 Å². The van der Waals surface area contributed by atoms with Gasteiger partial charge in [0, 0.05) is 22.8 Å². The van der Waals surface area contributed by atoms with Crippen LogP contribution in [0.1, 0.15) is 10.4 Å². The van der Waals surface area contributed by atoms with Gasteiger partial charge < -0.3 is 20.5 Å². The van der Waals surface area contributed by atoms with E-state index < -0.39 is 0 Å². The molecule has 21 heavy (non-hydrogen) atoms. The summed E-state index contributed by atoms with van der Waals surface area (Å²) in [6.07, 6.45) is 0. The third kappa shape index (κ3) is 3.38. The second-order valence-corrected chi connectivity index (χ2v) is 4.69. The second kappa shape index (κ2) is 6.37. The zero-order valence-corrected chi connectivity index (χ0v) is 12.4. The lowest BCUT2D eigenvalue weighted by Crippen LogP contribution is -2.15. The molecule has 2 aromatic carbocycles. The molecule has 0 unspecified atom stereocenters. The van der Waals surface area contributed by atoms with Crippen molar-refractivity contribution < 1.29 is 14.3 Å². The standard InChI is InChI=1S/C15H15ClN2O3/c1-20-11-7-12(17)14(13(8-11)21-2)15(19)18-10-5-3-9(16)4-6-10/h3-8H,17H2,1-2H3,(H,18,19). The molecule has 110 valence electrons. The van der Waals surface area contributed by atoms with Crippen molar-refractivity contribution in [2.45, 2.75) is 0 Å². The molecule has 6 heteroatoms. The minimum absolute atomic E-state index is 0.258. The van der Waals surface area contributed by atoms with Crippen molar-refractivity contribution in [3.63, 3.8) is 0 Å². The fourth-order valence-electron chi connectivity index (χ4n) is 1.86. The molecule has 0 bridgehead atoms. The molecule has 2 rings (SSSR count). The lowest BCUT2D eigenvalue weighted by Gasteiger charge is -2.13. The molecule has 0 aliphatic heterocycles. The number of nitrogen functional groups attached to an aromatic ring is 1. The highest BCUT2D eigenvalue weighted by atomic mass is 35.5. The normalized spacial score (nSPS) is 10.0. The Morgan fingerprint density at radius 1 is 1.14 bits per heavy atom. The summed E-state index contributed by atoms with van der Waals surface area (Å²) in [5.41, 5.74) is 7.06. The van der Waals surface area contributed by atoms with Gasteiger partial charge in [0.2, 0.25) is 0 Å². The molecule has 0 atom stereocenters. The highest BCUT2D eigenvalue weighted by Crippen LogP contribution is 2.31. The SMILES string of the molecule is COc1cc(N)c(C(=O)Nc2ccc(Cl)cc2)c(OC)c1. The zero-order valence-electron chi connectivity index (χ0n) is 11.6. The molecule has 1 amide bonds. The van der Waals surface area contributed by atoms with Gasteiger partial charge in [0.15, 0.2) is 0 Å². The molecule has 0 aliphatic carbocycles. The number of hydrogen-bond acceptors (Lipinski definition) is 4. The first-order valence-corrected chi connectivity index (χ1v) is 6.51.